The summed E-state index contributed by atoms with van der Waals surface area (Å²) in [5, 5.41) is 8.40. The average Bonchev–Trinajstić information content (AvgIpc) is 3.35. The Labute approximate surface area is 160 Å². The van der Waals surface area contributed by atoms with Gasteiger partial charge < -0.3 is 18.8 Å². The molecule has 4 rings (SSSR count). The highest BCUT2D eigenvalue weighted by atomic mass is 32.2. The maximum atomic E-state index is 12.3. The van der Waals surface area contributed by atoms with Crippen LogP contribution in [0.5, 0.6) is 11.5 Å². The second-order valence-corrected chi connectivity index (χ2v) is 6.89. The molecule has 138 valence electrons. The van der Waals surface area contributed by atoms with E-state index < -0.39 is 0 Å². The third-order valence-corrected chi connectivity index (χ3v) is 4.84. The van der Waals surface area contributed by atoms with Crippen molar-refractivity contribution in [3.63, 3.8) is 0 Å². The summed E-state index contributed by atoms with van der Waals surface area (Å²) < 4.78 is 16.3. The van der Waals surface area contributed by atoms with Gasteiger partial charge in [0.25, 0.3) is 5.22 Å². The van der Waals surface area contributed by atoms with Gasteiger partial charge in [-0.2, -0.15) is 0 Å². The minimum absolute atomic E-state index is 0.00770. The molecule has 27 heavy (non-hydrogen) atoms. The van der Waals surface area contributed by atoms with Crippen LogP contribution in [0.15, 0.2) is 58.2 Å². The van der Waals surface area contributed by atoms with Crippen molar-refractivity contribution in [3.8, 4) is 23.0 Å². The number of thioether (sulfide) groups is 1. The number of benzene rings is 2. The number of carbonyl (C=O) groups excluding carboxylic acids is 1. The molecule has 0 unspecified atom stereocenters. The smallest absolute Gasteiger partial charge is 0.277 e. The van der Waals surface area contributed by atoms with E-state index >= 15 is 0 Å². The molecule has 0 spiro atoms. The summed E-state index contributed by atoms with van der Waals surface area (Å²) >= 11 is 1.22. The predicted molar refractivity (Wildman–Crippen MR) is 99.5 cm³/mol. The monoisotopic (exact) mass is 383 g/mol. The van der Waals surface area contributed by atoms with Gasteiger partial charge in [-0.25, -0.2) is 0 Å². The average molecular weight is 383 g/mol. The lowest BCUT2D eigenvalue weighted by Gasteiger charge is -2.16. The zero-order valence-corrected chi connectivity index (χ0v) is 15.4. The van der Waals surface area contributed by atoms with E-state index in [1.165, 1.54) is 11.8 Å². The summed E-state index contributed by atoms with van der Waals surface area (Å²) in [6.07, 6.45) is 0. The lowest BCUT2D eigenvalue weighted by Crippen LogP contribution is -2.27. The number of nitrogens with zero attached hydrogens (tertiary/aromatic N) is 3. The zero-order valence-electron chi connectivity index (χ0n) is 14.6. The number of hydrogen-bond acceptors (Lipinski definition) is 7. The first kappa shape index (κ1) is 17.4. The minimum atomic E-state index is -0.00770. The molecule has 0 atom stereocenters. The molecule has 0 radical (unpaired) electrons. The fraction of sp³-hybridized carbons (Fsp3) is 0.211. The molecule has 7 nitrogen and oxygen atoms in total. The predicted octanol–water partition coefficient (Wildman–Crippen LogP) is 3.22. The Morgan fingerprint density at radius 3 is 2.78 bits per heavy atom. The summed E-state index contributed by atoms with van der Waals surface area (Å²) in [4.78, 5) is 14.0. The maximum absolute atomic E-state index is 12.3. The van der Waals surface area contributed by atoms with Crippen LogP contribution in [0.1, 0.15) is 5.56 Å². The standard InChI is InChI=1S/C19H17N3O4S/c1-22(10-13-5-3-2-4-6-13)17(23)11-27-19-21-20-18(26-19)14-7-8-15-16(9-14)25-12-24-15/h2-9H,10-12H2,1H3. The van der Waals surface area contributed by atoms with E-state index in [0.717, 1.165) is 11.1 Å². The van der Waals surface area contributed by atoms with Crippen molar-refractivity contribution in [2.75, 3.05) is 19.6 Å². The number of rotatable bonds is 6. The minimum Gasteiger partial charge on any atom is -0.454 e. The molecule has 1 aromatic heterocycles. The van der Waals surface area contributed by atoms with Crippen LogP contribution in [-0.2, 0) is 11.3 Å². The Morgan fingerprint density at radius 2 is 1.93 bits per heavy atom. The van der Waals surface area contributed by atoms with E-state index in [9.17, 15) is 4.79 Å². The van der Waals surface area contributed by atoms with Gasteiger partial charge in [-0.05, 0) is 23.8 Å². The van der Waals surface area contributed by atoms with Crippen molar-refractivity contribution in [1.29, 1.82) is 0 Å². The molecule has 2 heterocycles. The first-order valence-electron chi connectivity index (χ1n) is 8.33. The molecule has 0 saturated heterocycles. The highest BCUT2D eigenvalue weighted by molar-refractivity contribution is 7.99. The van der Waals surface area contributed by atoms with Gasteiger partial charge in [-0.1, -0.05) is 42.1 Å². The Bertz CT molecular complexity index is 945. The maximum Gasteiger partial charge on any atom is 0.277 e. The topological polar surface area (TPSA) is 77.7 Å². The molecular weight excluding hydrogens is 366 g/mol. The number of carbonyl (C=O) groups is 1. The van der Waals surface area contributed by atoms with Gasteiger partial charge in [-0.3, -0.25) is 4.79 Å². The Kier molecular flexibility index (Phi) is 4.97. The van der Waals surface area contributed by atoms with E-state index in [1.54, 1.807) is 24.1 Å². The van der Waals surface area contributed by atoms with Crippen molar-refractivity contribution < 1.29 is 18.7 Å². The third-order valence-electron chi connectivity index (χ3n) is 4.03. The number of amides is 1. The highest BCUT2D eigenvalue weighted by Crippen LogP contribution is 2.36. The van der Waals surface area contributed by atoms with Crippen LogP contribution in [0.4, 0.5) is 0 Å². The fourth-order valence-corrected chi connectivity index (χ4v) is 3.30. The zero-order chi connectivity index (χ0) is 18.6. The van der Waals surface area contributed by atoms with Crippen molar-refractivity contribution >= 4 is 17.7 Å². The number of hydrogen-bond donors (Lipinski definition) is 0. The molecule has 1 aliphatic rings. The lowest BCUT2D eigenvalue weighted by molar-refractivity contribution is -0.127. The molecule has 0 fully saturated rings. The lowest BCUT2D eigenvalue weighted by atomic mass is 10.2. The van der Waals surface area contributed by atoms with E-state index in [2.05, 4.69) is 10.2 Å². The molecule has 0 N–H and O–H groups in total. The van der Waals surface area contributed by atoms with Crippen LogP contribution >= 0.6 is 11.8 Å². The van der Waals surface area contributed by atoms with Gasteiger partial charge in [0.05, 0.1) is 5.75 Å². The SMILES string of the molecule is CN(Cc1ccccc1)C(=O)CSc1nnc(-c2ccc3c(c2)OCO3)o1. The van der Waals surface area contributed by atoms with Gasteiger partial charge in [0.15, 0.2) is 11.5 Å². The van der Waals surface area contributed by atoms with Gasteiger partial charge in [-0.15, -0.1) is 10.2 Å². The Hall–Kier alpha value is -3.00. The van der Waals surface area contributed by atoms with E-state index in [-0.39, 0.29) is 18.5 Å². The van der Waals surface area contributed by atoms with Crippen molar-refractivity contribution in [2.45, 2.75) is 11.8 Å². The van der Waals surface area contributed by atoms with Crippen LogP contribution in [0, 0.1) is 0 Å². The molecule has 3 aromatic rings. The molecule has 0 aliphatic carbocycles. The van der Waals surface area contributed by atoms with Crippen LogP contribution in [-0.4, -0.2) is 40.6 Å². The second-order valence-electron chi connectivity index (χ2n) is 5.97. The normalized spacial score (nSPS) is 12.2. The van der Waals surface area contributed by atoms with Crippen LogP contribution in [0.2, 0.25) is 0 Å². The van der Waals surface area contributed by atoms with E-state index in [4.69, 9.17) is 13.9 Å². The quantitative estimate of drug-likeness (QED) is 0.605. The first-order chi connectivity index (χ1) is 13.2. The highest BCUT2D eigenvalue weighted by Gasteiger charge is 2.18. The Balaban J connectivity index is 1.35. The van der Waals surface area contributed by atoms with Gasteiger partial charge in [0.1, 0.15) is 0 Å². The first-order valence-corrected chi connectivity index (χ1v) is 9.32. The van der Waals surface area contributed by atoms with Crippen molar-refractivity contribution in [1.82, 2.24) is 15.1 Å². The molecule has 1 amide bonds. The summed E-state index contributed by atoms with van der Waals surface area (Å²) in [6.45, 7) is 0.773. The van der Waals surface area contributed by atoms with Gasteiger partial charge >= 0.3 is 0 Å². The third kappa shape index (κ3) is 4.06. The molecule has 1 aliphatic heterocycles. The van der Waals surface area contributed by atoms with Crippen molar-refractivity contribution in [2.24, 2.45) is 0 Å². The molecule has 2 aromatic carbocycles. The van der Waals surface area contributed by atoms with E-state index in [1.807, 2.05) is 36.4 Å². The van der Waals surface area contributed by atoms with Crippen LogP contribution in [0.3, 0.4) is 0 Å². The van der Waals surface area contributed by atoms with E-state index in [0.29, 0.717) is 29.2 Å². The van der Waals surface area contributed by atoms with Crippen LogP contribution < -0.4 is 9.47 Å². The molecule has 8 heteroatoms. The summed E-state index contributed by atoms with van der Waals surface area (Å²) in [5.41, 5.74) is 1.83. The van der Waals surface area contributed by atoms with Crippen molar-refractivity contribution in [3.05, 3.63) is 54.1 Å². The molecular formula is C19H17N3O4S. The summed E-state index contributed by atoms with van der Waals surface area (Å²) in [7, 11) is 1.78. The summed E-state index contributed by atoms with van der Waals surface area (Å²) in [5.74, 6) is 1.94. The van der Waals surface area contributed by atoms with Gasteiger partial charge in [0, 0.05) is 19.2 Å². The fourth-order valence-electron chi connectivity index (χ4n) is 2.59. The number of fused-ring (bicyclic) bond motifs is 1. The number of aromatic nitrogens is 2. The number of ether oxygens (including phenoxy) is 2. The second kappa shape index (κ2) is 7.71. The van der Waals surface area contributed by atoms with Crippen LogP contribution in [0.25, 0.3) is 11.5 Å². The van der Waals surface area contributed by atoms with Gasteiger partial charge in [0.2, 0.25) is 18.6 Å². The summed E-state index contributed by atoms with van der Waals surface area (Å²) in [6, 6.07) is 15.3. The molecule has 0 bridgehead atoms. The Morgan fingerprint density at radius 1 is 1.11 bits per heavy atom. The largest absolute Gasteiger partial charge is 0.454 e. The molecule has 0 saturated carbocycles.